The Morgan fingerprint density at radius 3 is 2.50 bits per heavy atom. The quantitative estimate of drug-likeness (QED) is 0.847. The second-order valence-corrected chi connectivity index (χ2v) is 4.89. The van der Waals surface area contributed by atoms with Crippen molar-refractivity contribution in [2.75, 3.05) is 19.8 Å². The van der Waals surface area contributed by atoms with E-state index in [1.807, 2.05) is 12.1 Å². The van der Waals surface area contributed by atoms with Crippen LogP contribution in [-0.2, 0) is 13.0 Å². The van der Waals surface area contributed by atoms with Gasteiger partial charge in [0.05, 0.1) is 0 Å². The third-order valence-electron chi connectivity index (χ3n) is 3.37. The molecule has 3 rings (SSSR count). The van der Waals surface area contributed by atoms with Crippen molar-refractivity contribution in [2.24, 2.45) is 0 Å². The zero-order valence-corrected chi connectivity index (χ0v) is 11.5. The number of hydrogen-bond donors (Lipinski definition) is 1. The fraction of sp³-hybridized carbons (Fsp3) is 0.294. The van der Waals surface area contributed by atoms with Crippen LogP contribution < -0.4 is 14.8 Å². The molecule has 0 radical (unpaired) electrons. The number of fused-ring (bicyclic) bond motifs is 1. The van der Waals surface area contributed by atoms with Crippen LogP contribution in [0.1, 0.15) is 11.1 Å². The Bertz CT molecular complexity index is 554. The molecule has 0 unspecified atom stereocenters. The summed E-state index contributed by atoms with van der Waals surface area (Å²) in [5, 5.41) is 3.46. The van der Waals surface area contributed by atoms with E-state index in [0.29, 0.717) is 13.2 Å². The normalized spacial score (nSPS) is 13.2. The van der Waals surface area contributed by atoms with Crippen LogP contribution in [0.2, 0.25) is 0 Å². The molecular formula is C17H19NO2. The molecule has 0 saturated carbocycles. The van der Waals surface area contributed by atoms with E-state index >= 15 is 0 Å². The molecular weight excluding hydrogens is 250 g/mol. The molecule has 1 N–H and O–H groups in total. The molecule has 1 aliphatic heterocycles. The summed E-state index contributed by atoms with van der Waals surface area (Å²) in [5.41, 5.74) is 2.59. The van der Waals surface area contributed by atoms with E-state index in [4.69, 9.17) is 9.47 Å². The Labute approximate surface area is 119 Å². The van der Waals surface area contributed by atoms with Crippen LogP contribution in [0.4, 0.5) is 0 Å². The largest absolute Gasteiger partial charge is 0.486 e. The number of benzene rings is 2. The summed E-state index contributed by atoms with van der Waals surface area (Å²) in [6.07, 6.45) is 0.990. The monoisotopic (exact) mass is 269 g/mol. The van der Waals surface area contributed by atoms with Gasteiger partial charge in [0.1, 0.15) is 13.2 Å². The summed E-state index contributed by atoms with van der Waals surface area (Å²) in [6.45, 7) is 3.15. The topological polar surface area (TPSA) is 30.5 Å². The summed E-state index contributed by atoms with van der Waals surface area (Å²) < 4.78 is 11.1. The molecule has 0 amide bonds. The minimum Gasteiger partial charge on any atom is -0.486 e. The first-order valence-electron chi connectivity index (χ1n) is 7.05. The van der Waals surface area contributed by atoms with E-state index in [1.165, 1.54) is 11.1 Å². The molecule has 1 heterocycles. The van der Waals surface area contributed by atoms with Gasteiger partial charge in [0.15, 0.2) is 11.5 Å². The van der Waals surface area contributed by atoms with Crippen LogP contribution in [0.3, 0.4) is 0 Å². The summed E-state index contributed by atoms with van der Waals surface area (Å²) in [5.74, 6) is 1.73. The van der Waals surface area contributed by atoms with Crippen LogP contribution in [0.15, 0.2) is 48.5 Å². The first-order valence-corrected chi connectivity index (χ1v) is 7.05. The van der Waals surface area contributed by atoms with Gasteiger partial charge in [0, 0.05) is 6.54 Å². The molecule has 20 heavy (non-hydrogen) atoms. The number of nitrogens with one attached hydrogen (secondary N) is 1. The van der Waals surface area contributed by atoms with E-state index in [9.17, 15) is 0 Å². The van der Waals surface area contributed by atoms with Crippen molar-refractivity contribution in [1.82, 2.24) is 5.32 Å². The van der Waals surface area contributed by atoms with E-state index < -0.39 is 0 Å². The van der Waals surface area contributed by atoms with Crippen molar-refractivity contribution < 1.29 is 9.47 Å². The molecule has 2 aromatic carbocycles. The smallest absolute Gasteiger partial charge is 0.161 e. The van der Waals surface area contributed by atoms with Gasteiger partial charge in [-0.15, -0.1) is 0 Å². The lowest BCUT2D eigenvalue weighted by molar-refractivity contribution is 0.171. The molecule has 104 valence electrons. The molecule has 0 spiro atoms. The summed E-state index contributed by atoms with van der Waals surface area (Å²) in [7, 11) is 0. The summed E-state index contributed by atoms with van der Waals surface area (Å²) in [6, 6.07) is 16.6. The van der Waals surface area contributed by atoms with Gasteiger partial charge in [-0.3, -0.25) is 0 Å². The zero-order chi connectivity index (χ0) is 13.6. The first kappa shape index (κ1) is 13.0. The minimum absolute atomic E-state index is 0.642. The van der Waals surface area contributed by atoms with Gasteiger partial charge in [0.2, 0.25) is 0 Å². The molecule has 2 aromatic rings. The minimum atomic E-state index is 0.642. The number of hydrogen-bond acceptors (Lipinski definition) is 3. The molecule has 0 saturated heterocycles. The van der Waals surface area contributed by atoms with Gasteiger partial charge in [-0.2, -0.15) is 0 Å². The third-order valence-corrected chi connectivity index (χ3v) is 3.37. The van der Waals surface area contributed by atoms with E-state index in [1.54, 1.807) is 0 Å². The van der Waals surface area contributed by atoms with Gasteiger partial charge in [0.25, 0.3) is 0 Å². The lowest BCUT2D eigenvalue weighted by Gasteiger charge is -2.18. The second-order valence-electron chi connectivity index (χ2n) is 4.89. The van der Waals surface area contributed by atoms with Gasteiger partial charge in [-0.1, -0.05) is 36.4 Å². The Morgan fingerprint density at radius 2 is 1.65 bits per heavy atom. The Kier molecular flexibility index (Phi) is 4.19. The van der Waals surface area contributed by atoms with Crippen molar-refractivity contribution in [3.63, 3.8) is 0 Å². The van der Waals surface area contributed by atoms with E-state index in [-0.39, 0.29) is 0 Å². The van der Waals surface area contributed by atoms with Crippen LogP contribution in [0, 0.1) is 0 Å². The van der Waals surface area contributed by atoms with Crippen molar-refractivity contribution in [3.05, 3.63) is 59.7 Å². The van der Waals surface area contributed by atoms with Crippen molar-refractivity contribution in [3.8, 4) is 11.5 Å². The second kappa shape index (κ2) is 6.44. The van der Waals surface area contributed by atoms with Gasteiger partial charge < -0.3 is 14.8 Å². The Balaban J connectivity index is 1.49. The highest BCUT2D eigenvalue weighted by atomic mass is 16.6. The van der Waals surface area contributed by atoms with Crippen molar-refractivity contribution >= 4 is 0 Å². The van der Waals surface area contributed by atoms with Gasteiger partial charge in [-0.05, 0) is 36.2 Å². The predicted octanol–water partition coefficient (Wildman–Crippen LogP) is 2.79. The molecule has 0 aliphatic carbocycles. The Hall–Kier alpha value is -2.00. The van der Waals surface area contributed by atoms with Crippen molar-refractivity contribution in [1.29, 1.82) is 0 Å². The average molecular weight is 269 g/mol. The average Bonchev–Trinajstić information content (AvgIpc) is 2.52. The maximum atomic E-state index is 5.59. The lowest BCUT2D eigenvalue weighted by Crippen LogP contribution is -2.17. The molecule has 0 bridgehead atoms. The Morgan fingerprint density at radius 1 is 0.850 bits per heavy atom. The van der Waals surface area contributed by atoms with Crippen LogP contribution in [-0.4, -0.2) is 19.8 Å². The standard InChI is InChI=1S/C17H19NO2/c1-2-4-15(5-3-1)13-18-9-8-14-6-7-16-17(12-14)20-11-10-19-16/h1-7,12,18H,8-11,13H2. The van der Waals surface area contributed by atoms with Crippen LogP contribution in [0.5, 0.6) is 11.5 Å². The number of ether oxygens (including phenoxy) is 2. The fourth-order valence-corrected chi connectivity index (χ4v) is 2.30. The maximum absolute atomic E-state index is 5.59. The third kappa shape index (κ3) is 3.31. The maximum Gasteiger partial charge on any atom is 0.161 e. The first-order chi connectivity index (χ1) is 9.92. The van der Waals surface area contributed by atoms with Crippen LogP contribution >= 0.6 is 0 Å². The van der Waals surface area contributed by atoms with Crippen LogP contribution in [0.25, 0.3) is 0 Å². The molecule has 1 aliphatic rings. The van der Waals surface area contributed by atoms with Crippen molar-refractivity contribution in [2.45, 2.75) is 13.0 Å². The SMILES string of the molecule is c1ccc(CNCCc2ccc3c(c2)OCCO3)cc1. The number of rotatable bonds is 5. The molecule has 0 aromatic heterocycles. The zero-order valence-electron chi connectivity index (χ0n) is 11.5. The highest BCUT2D eigenvalue weighted by molar-refractivity contribution is 5.43. The highest BCUT2D eigenvalue weighted by Gasteiger charge is 2.11. The van der Waals surface area contributed by atoms with Gasteiger partial charge in [-0.25, -0.2) is 0 Å². The predicted molar refractivity (Wildman–Crippen MR) is 79.3 cm³/mol. The van der Waals surface area contributed by atoms with Gasteiger partial charge >= 0.3 is 0 Å². The molecule has 0 fully saturated rings. The molecule has 3 nitrogen and oxygen atoms in total. The summed E-state index contributed by atoms with van der Waals surface area (Å²) in [4.78, 5) is 0. The highest BCUT2D eigenvalue weighted by Crippen LogP contribution is 2.30. The lowest BCUT2D eigenvalue weighted by atomic mass is 10.1. The molecule has 0 atom stereocenters. The van der Waals surface area contributed by atoms with E-state index in [2.05, 4.69) is 41.7 Å². The summed E-state index contributed by atoms with van der Waals surface area (Å²) >= 11 is 0. The molecule has 3 heteroatoms. The van der Waals surface area contributed by atoms with E-state index in [0.717, 1.165) is 31.0 Å². The fourth-order valence-electron chi connectivity index (χ4n) is 2.30.